The van der Waals surface area contributed by atoms with Gasteiger partial charge < -0.3 is 14.2 Å². The standard InChI is InChI=1S/C61H116O6/c1-4-7-10-13-16-18-20-22-24-26-27-28-29-30-31-32-33-34-35-37-38-40-42-45-48-51-54-60(63)66-57-58(56-65-59(62)53-50-47-44-15-12-9-6-3)67-61(64)55-52-49-46-43-41-39-36-25-23-21-19-17-14-11-8-5-2/h25,36,58H,4-24,26-35,37-57H2,1-3H3/b36-25-. The summed E-state index contributed by atoms with van der Waals surface area (Å²) in [6, 6.07) is 0. The van der Waals surface area contributed by atoms with Crippen molar-refractivity contribution in [2.75, 3.05) is 13.2 Å². The second-order valence-corrected chi connectivity index (χ2v) is 20.6. The summed E-state index contributed by atoms with van der Waals surface area (Å²) in [5.41, 5.74) is 0. The summed E-state index contributed by atoms with van der Waals surface area (Å²) in [7, 11) is 0. The third-order valence-corrected chi connectivity index (χ3v) is 13.8. The van der Waals surface area contributed by atoms with Crippen LogP contribution in [0.3, 0.4) is 0 Å². The highest BCUT2D eigenvalue weighted by atomic mass is 16.6. The molecule has 0 aromatic rings. The zero-order chi connectivity index (χ0) is 48.6. The zero-order valence-corrected chi connectivity index (χ0v) is 45.5. The van der Waals surface area contributed by atoms with Gasteiger partial charge in [-0.15, -0.1) is 0 Å². The summed E-state index contributed by atoms with van der Waals surface area (Å²) >= 11 is 0. The van der Waals surface area contributed by atoms with E-state index >= 15 is 0 Å². The fourth-order valence-electron chi connectivity index (χ4n) is 9.21. The Hall–Kier alpha value is -1.85. The van der Waals surface area contributed by atoms with Gasteiger partial charge in [0.05, 0.1) is 0 Å². The molecule has 0 aliphatic heterocycles. The topological polar surface area (TPSA) is 78.9 Å². The Morgan fingerprint density at radius 3 is 0.746 bits per heavy atom. The van der Waals surface area contributed by atoms with Gasteiger partial charge in [-0.1, -0.05) is 290 Å². The number of rotatable bonds is 56. The molecule has 6 nitrogen and oxygen atoms in total. The first-order valence-electron chi connectivity index (χ1n) is 30.2. The van der Waals surface area contributed by atoms with Crippen molar-refractivity contribution in [3.8, 4) is 0 Å². The quantitative estimate of drug-likeness (QED) is 0.0262. The van der Waals surface area contributed by atoms with Gasteiger partial charge in [0.25, 0.3) is 0 Å². The van der Waals surface area contributed by atoms with Crippen molar-refractivity contribution in [3.63, 3.8) is 0 Å². The van der Waals surface area contributed by atoms with Crippen LogP contribution in [-0.2, 0) is 28.6 Å². The van der Waals surface area contributed by atoms with Gasteiger partial charge in [0.2, 0.25) is 0 Å². The molecule has 0 fully saturated rings. The van der Waals surface area contributed by atoms with Crippen LogP contribution in [0.5, 0.6) is 0 Å². The van der Waals surface area contributed by atoms with E-state index < -0.39 is 6.10 Å². The maximum atomic E-state index is 12.8. The lowest BCUT2D eigenvalue weighted by Crippen LogP contribution is -2.30. The van der Waals surface area contributed by atoms with E-state index in [1.807, 2.05) is 0 Å². The molecule has 0 aliphatic rings. The SMILES string of the molecule is CCCCCCCCC/C=C\CCCCCCCC(=O)OC(COC(=O)CCCCCCCCC)COC(=O)CCCCCCCCCCCCCCCCCCCCCCCCCCCC. The van der Waals surface area contributed by atoms with E-state index in [1.54, 1.807) is 0 Å². The average Bonchev–Trinajstić information content (AvgIpc) is 3.33. The zero-order valence-electron chi connectivity index (χ0n) is 45.5. The number of carbonyl (C=O) groups is 3. The fourth-order valence-corrected chi connectivity index (χ4v) is 9.21. The molecule has 0 radical (unpaired) electrons. The van der Waals surface area contributed by atoms with Crippen LogP contribution in [0.2, 0.25) is 0 Å². The van der Waals surface area contributed by atoms with E-state index in [1.165, 1.54) is 238 Å². The van der Waals surface area contributed by atoms with Gasteiger partial charge in [0.1, 0.15) is 13.2 Å². The molecule has 0 amide bonds. The third kappa shape index (κ3) is 55.0. The molecule has 0 rings (SSSR count). The molecular weight excluding hydrogens is 829 g/mol. The van der Waals surface area contributed by atoms with Crippen LogP contribution in [0.1, 0.15) is 342 Å². The maximum Gasteiger partial charge on any atom is 0.306 e. The molecular formula is C61H116O6. The highest BCUT2D eigenvalue weighted by Gasteiger charge is 2.19. The summed E-state index contributed by atoms with van der Waals surface area (Å²) in [4.78, 5) is 37.9. The minimum atomic E-state index is -0.767. The number of hydrogen-bond donors (Lipinski definition) is 0. The molecule has 0 spiro atoms. The predicted molar refractivity (Wildman–Crippen MR) is 289 cm³/mol. The molecule has 0 saturated carbocycles. The number of unbranched alkanes of at least 4 members (excludes halogenated alkanes) is 43. The van der Waals surface area contributed by atoms with Gasteiger partial charge in [-0.2, -0.15) is 0 Å². The van der Waals surface area contributed by atoms with Gasteiger partial charge in [-0.25, -0.2) is 0 Å². The molecule has 0 aromatic carbocycles. The van der Waals surface area contributed by atoms with Crippen molar-refractivity contribution >= 4 is 17.9 Å². The molecule has 0 heterocycles. The first-order valence-corrected chi connectivity index (χ1v) is 30.2. The van der Waals surface area contributed by atoms with Gasteiger partial charge in [-0.3, -0.25) is 14.4 Å². The fraction of sp³-hybridized carbons (Fsp3) is 0.918. The molecule has 0 bridgehead atoms. The highest BCUT2D eigenvalue weighted by Crippen LogP contribution is 2.18. The normalized spacial score (nSPS) is 12.0. The first-order chi connectivity index (χ1) is 33.0. The van der Waals surface area contributed by atoms with Crippen LogP contribution in [0.15, 0.2) is 12.2 Å². The smallest absolute Gasteiger partial charge is 0.306 e. The Kier molecular flexibility index (Phi) is 55.2. The Morgan fingerprint density at radius 2 is 0.493 bits per heavy atom. The van der Waals surface area contributed by atoms with Crippen molar-refractivity contribution < 1.29 is 28.6 Å². The second kappa shape index (κ2) is 56.7. The summed E-state index contributed by atoms with van der Waals surface area (Å²) in [5, 5.41) is 0. The Morgan fingerprint density at radius 1 is 0.284 bits per heavy atom. The Balaban J connectivity index is 4.05. The van der Waals surface area contributed by atoms with E-state index in [9.17, 15) is 14.4 Å². The van der Waals surface area contributed by atoms with E-state index in [0.717, 1.165) is 64.2 Å². The summed E-state index contributed by atoms with van der Waals surface area (Å²) in [6.45, 7) is 6.64. The van der Waals surface area contributed by atoms with Gasteiger partial charge >= 0.3 is 17.9 Å². The van der Waals surface area contributed by atoms with Crippen molar-refractivity contribution in [1.29, 1.82) is 0 Å². The average molecular weight is 946 g/mol. The monoisotopic (exact) mass is 945 g/mol. The number of allylic oxidation sites excluding steroid dienone is 2. The van der Waals surface area contributed by atoms with Crippen LogP contribution in [-0.4, -0.2) is 37.2 Å². The Bertz CT molecular complexity index is 1040. The van der Waals surface area contributed by atoms with Gasteiger partial charge in [0.15, 0.2) is 6.10 Å². The maximum absolute atomic E-state index is 12.8. The van der Waals surface area contributed by atoms with E-state index in [4.69, 9.17) is 14.2 Å². The highest BCUT2D eigenvalue weighted by molar-refractivity contribution is 5.71. The predicted octanol–water partition coefficient (Wildman–Crippen LogP) is 20.1. The van der Waals surface area contributed by atoms with Crippen LogP contribution in [0.4, 0.5) is 0 Å². The lowest BCUT2D eigenvalue weighted by Gasteiger charge is -2.18. The number of esters is 3. The second-order valence-electron chi connectivity index (χ2n) is 20.6. The molecule has 6 heteroatoms. The van der Waals surface area contributed by atoms with Crippen molar-refractivity contribution in [2.24, 2.45) is 0 Å². The first kappa shape index (κ1) is 65.1. The molecule has 0 aromatic heterocycles. The van der Waals surface area contributed by atoms with Crippen molar-refractivity contribution in [3.05, 3.63) is 12.2 Å². The lowest BCUT2D eigenvalue weighted by atomic mass is 10.0. The molecule has 1 atom stereocenters. The van der Waals surface area contributed by atoms with Crippen LogP contribution in [0, 0.1) is 0 Å². The van der Waals surface area contributed by atoms with E-state index in [0.29, 0.717) is 19.3 Å². The Labute approximate surface area is 418 Å². The van der Waals surface area contributed by atoms with E-state index in [2.05, 4.69) is 32.9 Å². The molecule has 67 heavy (non-hydrogen) atoms. The molecule has 0 saturated heterocycles. The van der Waals surface area contributed by atoms with Gasteiger partial charge in [0, 0.05) is 19.3 Å². The van der Waals surface area contributed by atoms with Crippen molar-refractivity contribution in [2.45, 2.75) is 348 Å². The minimum Gasteiger partial charge on any atom is -0.462 e. The summed E-state index contributed by atoms with van der Waals surface area (Å²) in [6.07, 6.45) is 65.3. The van der Waals surface area contributed by atoms with E-state index in [-0.39, 0.29) is 31.1 Å². The summed E-state index contributed by atoms with van der Waals surface area (Å²) < 4.78 is 16.8. The number of ether oxygens (including phenoxy) is 3. The minimum absolute atomic E-state index is 0.0682. The van der Waals surface area contributed by atoms with Gasteiger partial charge in [-0.05, 0) is 44.9 Å². The summed E-state index contributed by atoms with van der Waals surface area (Å²) in [5.74, 6) is -0.862. The number of carbonyl (C=O) groups excluding carboxylic acids is 3. The molecule has 396 valence electrons. The molecule has 0 aliphatic carbocycles. The molecule has 0 N–H and O–H groups in total. The number of hydrogen-bond acceptors (Lipinski definition) is 6. The van der Waals surface area contributed by atoms with Crippen LogP contribution < -0.4 is 0 Å². The van der Waals surface area contributed by atoms with Crippen LogP contribution in [0.25, 0.3) is 0 Å². The molecule has 1 unspecified atom stereocenters. The van der Waals surface area contributed by atoms with Crippen LogP contribution >= 0.6 is 0 Å². The third-order valence-electron chi connectivity index (χ3n) is 13.8. The largest absolute Gasteiger partial charge is 0.462 e. The van der Waals surface area contributed by atoms with Crippen molar-refractivity contribution in [1.82, 2.24) is 0 Å². The lowest BCUT2D eigenvalue weighted by molar-refractivity contribution is -0.167.